The minimum atomic E-state index is -0.760. The highest BCUT2D eigenvalue weighted by atomic mass is 16.4. The van der Waals surface area contributed by atoms with E-state index < -0.39 is 5.97 Å². The summed E-state index contributed by atoms with van der Waals surface area (Å²) in [6, 6.07) is 0. The molecule has 0 fully saturated rings. The van der Waals surface area contributed by atoms with Crippen molar-refractivity contribution >= 4 is 5.97 Å². The molecular formula is C10H23N3O2. The van der Waals surface area contributed by atoms with Gasteiger partial charge < -0.3 is 5.11 Å². The summed E-state index contributed by atoms with van der Waals surface area (Å²) in [6.45, 7) is 6.96. The molecule has 0 amide bonds. The van der Waals surface area contributed by atoms with E-state index in [2.05, 4.69) is 23.3 Å². The van der Waals surface area contributed by atoms with E-state index in [-0.39, 0.29) is 12.0 Å². The number of hydrogen-bond donors (Lipinski definition) is 4. The first-order valence-electron chi connectivity index (χ1n) is 5.45. The predicted molar refractivity (Wildman–Crippen MR) is 60.1 cm³/mol. The van der Waals surface area contributed by atoms with E-state index in [0.29, 0.717) is 6.42 Å². The highest BCUT2D eigenvalue weighted by Gasteiger charge is 2.17. The minimum Gasteiger partial charge on any atom is -0.481 e. The Kier molecular flexibility index (Phi) is 7.29. The number of unbranched alkanes of at least 4 members (excludes halogenated alkanes) is 1. The Morgan fingerprint density at radius 2 is 2.07 bits per heavy atom. The summed E-state index contributed by atoms with van der Waals surface area (Å²) in [6.07, 6.45) is 3.03. The van der Waals surface area contributed by atoms with Crippen LogP contribution >= 0.6 is 0 Å². The first-order chi connectivity index (χ1) is 6.98. The fourth-order valence-electron chi connectivity index (χ4n) is 1.02. The Morgan fingerprint density at radius 3 is 2.60 bits per heavy atom. The summed E-state index contributed by atoms with van der Waals surface area (Å²) >= 11 is 0. The lowest BCUT2D eigenvalue weighted by Crippen LogP contribution is -2.54. The second-order valence-electron chi connectivity index (χ2n) is 4.31. The van der Waals surface area contributed by atoms with Gasteiger partial charge in [0.2, 0.25) is 0 Å². The Balaban J connectivity index is 3.50. The van der Waals surface area contributed by atoms with Gasteiger partial charge in [-0.15, -0.1) is 0 Å². The number of carboxylic acid groups (broad SMARTS) is 1. The van der Waals surface area contributed by atoms with Crippen molar-refractivity contribution in [1.82, 2.24) is 16.4 Å². The van der Waals surface area contributed by atoms with Crippen LogP contribution in [0.4, 0.5) is 0 Å². The van der Waals surface area contributed by atoms with Crippen LogP contribution in [0, 0.1) is 0 Å². The summed E-state index contributed by atoms with van der Waals surface area (Å²) in [5.41, 5.74) is 8.74. The number of rotatable bonds is 9. The van der Waals surface area contributed by atoms with Crippen LogP contribution in [0.25, 0.3) is 0 Å². The van der Waals surface area contributed by atoms with Crippen LogP contribution in [0.3, 0.4) is 0 Å². The topological polar surface area (TPSA) is 73.4 Å². The molecule has 0 spiro atoms. The predicted octanol–water partition coefficient (Wildman–Crippen LogP) is 1.03. The zero-order valence-electron chi connectivity index (χ0n) is 9.89. The summed E-state index contributed by atoms with van der Waals surface area (Å²) in [5, 5.41) is 8.55. The van der Waals surface area contributed by atoms with Crippen LogP contribution in [0.5, 0.6) is 0 Å². The molecule has 0 aliphatic rings. The van der Waals surface area contributed by atoms with Gasteiger partial charge in [-0.3, -0.25) is 4.79 Å². The minimum absolute atomic E-state index is 0.177. The van der Waals surface area contributed by atoms with Crippen LogP contribution in [0.15, 0.2) is 0 Å². The first-order valence-corrected chi connectivity index (χ1v) is 5.45. The van der Waals surface area contributed by atoms with Gasteiger partial charge >= 0.3 is 5.97 Å². The molecule has 4 N–H and O–H groups in total. The van der Waals surface area contributed by atoms with Gasteiger partial charge in [-0.2, -0.15) is 5.53 Å². The Morgan fingerprint density at radius 1 is 1.40 bits per heavy atom. The highest BCUT2D eigenvalue weighted by molar-refractivity contribution is 5.66. The lowest BCUT2D eigenvalue weighted by atomic mass is 10.00. The van der Waals surface area contributed by atoms with E-state index in [0.717, 1.165) is 19.4 Å². The van der Waals surface area contributed by atoms with Gasteiger partial charge in [-0.25, -0.2) is 10.9 Å². The van der Waals surface area contributed by atoms with Gasteiger partial charge in [-0.05, 0) is 26.7 Å². The first kappa shape index (κ1) is 14.3. The SMILES string of the molecule is CCCCNNNC(C)(C)CCC(=O)O. The molecule has 0 aromatic rings. The van der Waals surface area contributed by atoms with Crippen molar-refractivity contribution in [3.63, 3.8) is 0 Å². The van der Waals surface area contributed by atoms with Crippen LogP contribution in [-0.2, 0) is 4.79 Å². The number of nitrogens with one attached hydrogen (secondary N) is 3. The van der Waals surface area contributed by atoms with Gasteiger partial charge in [-0.1, -0.05) is 13.3 Å². The number of hydrogen-bond acceptors (Lipinski definition) is 4. The molecule has 0 saturated heterocycles. The fourth-order valence-corrected chi connectivity index (χ4v) is 1.02. The monoisotopic (exact) mass is 217 g/mol. The quantitative estimate of drug-likeness (QED) is 0.343. The van der Waals surface area contributed by atoms with E-state index in [1.807, 2.05) is 13.8 Å². The van der Waals surface area contributed by atoms with Gasteiger partial charge in [0.05, 0.1) is 0 Å². The molecule has 0 bridgehead atoms. The zero-order chi connectivity index (χ0) is 11.7. The Labute approximate surface area is 91.6 Å². The lowest BCUT2D eigenvalue weighted by Gasteiger charge is -2.26. The maximum absolute atomic E-state index is 10.4. The maximum Gasteiger partial charge on any atom is 0.303 e. The molecule has 0 aromatic heterocycles. The standard InChI is InChI=1S/C10H23N3O2/c1-4-5-8-11-13-12-10(2,3)7-6-9(14)15/h11-13H,4-8H2,1-3H3,(H,14,15). The van der Waals surface area contributed by atoms with Gasteiger partial charge in [0, 0.05) is 18.5 Å². The molecule has 0 aromatic carbocycles. The van der Waals surface area contributed by atoms with Crippen molar-refractivity contribution < 1.29 is 9.90 Å². The van der Waals surface area contributed by atoms with E-state index in [1.54, 1.807) is 0 Å². The molecule has 15 heavy (non-hydrogen) atoms. The Bertz CT molecular complexity index is 184. The molecule has 0 unspecified atom stereocenters. The van der Waals surface area contributed by atoms with Crippen molar-refractivity contribution in [1.29, 1.82) is 0 Å². The maximum atomic E-state index is 10.4. The molecule has 0 atom stereocenters. The Hall–Kier alpha value is -0.650. The third-order valence-electron chi connectivity index (χ3n) is 2.11. The van der Waals surface area contributed by atoms with E-state index >= 15 is 0 Å². The van der Waals surface area contributed by atoms with Crippen LogP contribution in [-0.4, -0.2) is 23.2 Å². The third kappa shape index (κ3) is 9.65. The largest absolute Gasteiger partial charge is 0.481 e. The van der Waals surface area contributed by atoms with E-state index in [4.69, 9.17) is 5.11 Å². The third-order valence-corrected chi connectivity index (χ3v) is 2.11. The molecule has 0 heterocycles. The van der Waals surface area contributed by atoms with Crippen molar-refractivity contribution in [2.75, 3.05) is 6.54 Å². The summed E-state index contributed by atoms with van der Waals surface area (Å²) < 4.78 is 0. The van der Waals surface area contributed by atoms with E-state index in [1.165, 1.54) is 0 Å². The summed E-state index contributed by atoms with van der Waals surface area (Å²) in [7, 11) is 0. The number of hydrazine groups is 2. The smallest absolute Gasteiger partial charge is 0.303 e. The van der Waals surface area contributed by atoms with Crippen LogP contribution < -0.4 is 16.4 Å². The molecule has 0 aliphatic carbocycles. The highest BCUT2D eigenvalue weighted by Crippen LogP contribution is 2.09. The number of carboxylic acids is 1. The lowest BCUT2D eigenvalue weighted by molar-refractivity contribution is -0.137. The summed E-state index contributed by atoms with van der Waals surface area (Å²) in [4.78, 5) is 10.4. The van der Waals surface area contributed by atoms with Gasteiger partial charge in [0.25, 0.3) is 0 Å². The second-order valence-corrected chi connectivity index (χ2v) is 4.31. The van der Waals surface area contributed by atoms with Crippen LogP contribution in [0.1, 0.15) is 46.5 Å². The van der Waals surface area contributed by atoms with Crippen molar-refractivity contribution in [3.05, 3.63) is 0 Å². The van der Waals surface area contributed by atoms with Crippen LogP contribution in [0.2, 0.25) is 0 Å². The van der Waals surface area contributed by atoms with Crippen molar-refractivity contribution in [3.8, 4) is 0 Å². The zero-order valence-corrected chi connectivity index (χ0v) is 9.89. The van der Waals surface area contributed by atoms with Gasteiger partial charge in [0.15, 0.2) is 0 Å². The molecule has 0 rings (SSSR count). The summed E-state index contributed by atoms with van der Waals surface area (Å²) in [5.74, 6) is -0.760. The van der Waals surface area contributed by atoms with E-state index in [9.17, 15) is 4.79 Å². The average Bonchev–Trinajstić information content (AvgIpc) is 2.15. The van der Waals surface area contributed by atoms with Crippen molar-refractivity contribution in [2.24, 2.45) is 0 Å². The molecule has 5 heteroatoms. The number of aliphatic carboxylic acids is 1. The van der Waals surface area contributed by atoms with Crippen molar-refractivity contribution in [2.45, 2.75) is 52.0 Å². The molecule has 5 nitrogen and oxygen atoms in total. The number of carbonyl (C=O) groups is 1. The molecular weight excluding hydrogens is 194 g/mol. The average molecular weight is 217 g/mol. The molecule has 0 radical (unpaired) electrons. The molecule has 90 valence electrons. The molecule has 0 saturated carbocycles. The second kappa shape index (κ2) is 7.62. The fraction of sp³-hybridized carbons (Fsp3) is 0.900. The normalized spacial score (nSPS) is 11.7. The van der Waals surface area contributed by atoms with Gasteiger partial charge in [0.1, 0.15) is 0 Å². The molecule has 0 aliphatic heterocycles.